The van der Waals surface area contributed by atoms with Gasteiger partial charge in [-0.15, -0.1) is 0 Å². The average Bonchev–Trinajstić information content (AvgIpc) is 2.38. The van der Waals surface area contributed by atoms with E-state index in [-0.39, 0.29) is 25.4 Å². The fourth-order valence-corrected chi connectivity index (χ4v) is 2.11. The molecule has 6 heteroatoms. The highest BCUT2D eigenvalue weighted by Crippen LogP contribution is 2.27. The van der Waals surface area contributed by atoms with Crippen LogP contribution in [0.4, 0.5) is 14.5 Å². The van der Waals surface area contributed by atoms with Crippen molar-refractivity contribution >= 4 is 5.69 Å². The Morgan fingerprint density at radius 3 is 2.61 bits per heavy atom. The third-order valence-electron chi connectivity index (χ3n) is 3.04. The third-order valence-corrected chi connectivity index (χ3v) is 3.04. The maximum Gasteiger partial charge on any atom is 0.149 e. The number of aliphatic hydroxyl groups excluding tert-OH is 1. The van der Waals surface area contributed by atoms with Gasteiger partial charge in [0.15, 0.2) is 0 Å². The molecule has 3 N–H and O–H groups in total. The lowest BCUT2D eigenvalue weighted by molar-refractivity contribution is 0.0719. The predicted octanol–water partition coefficient (Wildman–Crippen LogP) is 0.621. The van der Waals surface area contributed by atoms with Gasteiger partial charge in [0, 0.05) is 13.1 Å². The molecule has 0 bridgehead atoms. The summed E-state index contributed by atoms with van der Waals surface area (Å²) in [7, 11) is 0. The quantitative estimate of drug-likeness (QED) is 0.834. The Bertz CT molecular complexity index is 406. The van der Waals surface area contributed by atoms with Gasteiger partial charge in [-0.25, -0.2) is 8.78 Å². The van der Waals surface area contributed by atoms with Gasteiger partial charge in [0.2, 0.25) is 0 Å². The monoisotopic (exact) mass is 258 g/mol. The topological polar surface area (TPSA) is 58.7 Å². The summed E-state index contributed by atoms with van der Waals surface area (Å²) in [5.41, 5.74) is 5.65. The number of rotatable bonds is 3. The van der Waals surface area contributed by atoms with Crippen LogP contribution in [0.2, 0.25) is 0 Å². The fraction of sp³-hybridized carbons (Fsp3) is 0.500. The Balaban J connectivity index is 2.37. The second-order valence-electron chi connectivity index (χ2n) is 4.22. The fourth-order valence-electron chi connectivity index (χ4n) is 2.11. The Morgan fingerprint density at radius 1 is 1.39 bits per heavy atom. The number of hydrogen-bond acceptors (Lipinski definition) is 4. The highest BCUT2D eigenvalue weighted by Gasteiger charge is 2.27. The second-order valence-corrected chi connectivity index (χ2v) is 4.22. The van der Waals surface area contributed by atoms with Crippen LogP contribution in [0.5, 0.6) is 0 Å². The zero-order valence-corrected chi connectivity index (χ0v) is 9.90. The molecule has 1 aromatic carbocycles. The van der Waals surface area contributed by atoms with Crippen molar-refractivity contribution in [3.63, 3.8) is 0 Å². The van der Waals surface area contributed by atoms with Crippen molar-refractivity contribution in [2.75, 3.05) is 31.3 Å². The molecule has 1 saturated heterocycles. The Hall–Kier alpha value is -1.24. The predicted molar refractivity (Wildman–Crippen MR) is 63.3 cm³/mol. The molecule has 0 radical (unpaired) electrons. The van der Waals surface area contributed by atoms with E-state index in [1.807, 2.05) is 0 Å². The molecule has 2 rings (SSSR count). The number of morpholine rings is 1. The summed E-state index contributed by atoms with van der Waals surface area (Å²) >= 11 is 0. The smallest absolute Gasteiger partial charge is 0.149 e. The van der Waals surface area contributed by atoms with Gasteiger partial charge in [-0.3, -0.25) is 0 Å². The minimum atomic E-state index is -0.657. The summed E-state index contributed by atoms with van der Waals surface area (Å²) in [5, 5.41) is 9.22. The van der Waals surface area contributed by atoms with E-state index in [1.165, 1.54) is 17.0 Å². The maximum atomic E-state index is 13.9. The zero-order chi connectivity index (χ0) is 13.1. The van der Waals surface area contributed by atoms with Crippen molar-refractivity contribution in [2.45, 2.75) is 12.6 Å². The van der Waals surface area contributed by atoms with Crippen LogP contribution in [-0.2, 0) is 11.3 Å². The highest BCUT2D eigenvalue weighted by molar-refractivity contribution is 5.52. The first kappa shape index (κ1) is 13.2. The van der Waals surface area contributed by atoms with Crippen LogP contribution in [0.15, 0.2) is 12.1 Å². The molecule has 1 unspecified atom stereocenters. The van der Waals surface area contributed by atoms with Crippen LogP contribution in [0.1, 0.15) is 5.56 Å². The molecule has 1 atom stereocenters. The van der Waals surface area contributed by atoms with Gasteiger partial charge in [0.25, 0.3) is 0 Å². The van der Waals surface area contributed by atoms with Crippen molar-refractivity contribution in [3.05, 3.63) is 29.3 Å². The third kappa shape index (κ3) is 2.45. The summed E-state index contributed by atoms with van der Waals surface area (Å²) in [6, 6.07) is 2.02. The van der Waals surface area contributed by atoms with E-state index in [0.29, 0.717) is 18.7 Å². The lowest BCUT2D eigenvalue weighted by atomic mass is 10.1. The SMILES string of the molecule is NCc1cc(F)c(N2CCOCC2CO)c(F)c1. The molecule has 0 spiro atoms. The molecular weight excluding hydrogens is 242 g/mol. The lowest BCUT2D eigenvalue weighted by Crippen LogP contribution is -2.48. The van der Waals surface area contributed by atoms with Gasteiger partial charge >= 0.3 is 0 Å². The highest BCUT2D eigenvalue weighted by atomic mass is 19.1. The van der Waals surface area contributed by atoms with E-state index in [1.54, 1.807) is 0 Å². The van der Waals surface area contributed by atoms with E-state index in [0.717, 1.165) is 0 Å². The Morgan fingerprint density at radius 2 is 2.06 bits per heavy atom. The van der Waals surface area contributed by atoms with Gasteiger partial charge in [-0.1, -0.05) is 0 Å². The molecule has 0 aliphatic carbocycles. The number of benzene rings is 1. The van der Waals surface area contributed by atoms with Gasteiger partial charge in [-0.05, 0) is 17.7 Å². The summed E-state index contributed by atoms with van der Waals surface area (Å²) in [5.74, 6) is -1.31. The van der Waals surface area contributed by atoms with E-state index >= 15 is 0 Å². The summed E-state index contributed by atoms with van der Waals surface area (Å²) in [6.07, 6.45) is 0. The van der Waals surface area contributed by atoms with Crippen molar-refractivity contribution in [1.82, 2.24) is 0 Å². The normalized spacial score (nSPS) is 20.2. The van der Waals surface area contributed by atoms with E-state index < -0.39 is 17.7 Å². The molecule has 1 aliphatic heterocycles. The van der Waals surface area contributed by atoms with Crippen LogP contribution < -0.4 is 10.6 Å². The van der Waals surface area contributed by atoms with E-state index in [2.05, 4.69) is 0 Å². The standard InChI is InChI=1S/C12H16F2N2O2/c13-10-3-8(5-15)4-11(14)12(10)16-1-2-18-7-9(16)6-17/h3-4,9,17H,1-2,5-7,15H2. The van der Waals surface area contributed by atoms with Crippen molar-refractivity contribution < 1.29 is 18.6 Å². The molecule has 18 heavy (non-hydrogen) atoms. The van der Waals surface area contributed by atoms with Gasteiger partial charge < -0.3 is 20.5 Å². The van der Waals surface area contributed by atoms with Gasteiger partial charge in [0.05, 0.1) is 25.9 Å². The molecule has 0 saturated carbocycles. The van der Waals surface area contributed by atoms with Gasteiger partial charge in [0.1, 0.15) is 17.3 Å². The van der Waals surface area contributed by atoms with Crippen LogP contribution in [0.25, 0.3) is 0 Å². The van der Waals surface area contributed by atoms with Crippen LogP contribution in [-0.4, -0.2) is 37.5 Å². The number of halogens is 2. The average molecular weight is 258 g/mol. The Kier molecular flexibility index (Phi) is 4.11. The number of ether oxygens (including phenoxy) is 1. The van der Waals surface area contributed by atoms with Crippen molar-refractivity contribution in [2.24, 2.45) is 5.73 Å². The first-order chi connectivity index (χ1) is 8.67. The molecule has 100 valence electrons. The lowest BCUT2D eigenvalue weighted by Gasteiger charge is -2.36. The molecule has 4 nitrogen and oxygen atoms in total. The molecule has 0 aromatic heterocycles. The largest absolute Gasteiger partial charge is 0.394 e. The minimum absolute atomic E-state index is 0.0840. The Labute approximate surface area is 104 Å². The molecule has 1 fully saturated rings. The maximum absolute atomic E-state index is 13.9. The first-order valence-electron chi connectivity index (χ1n) is 5.80. The molecule has 1 heterocycles. The van der Waals surface area contributed by atoms with Crippen LogP contribution in [0.3, 0.4) is 0 Å². The van der Waals surface area contributed by atoms with Crippen molar-refractivity contribution in [3.8, 4) is 0 Å². The van der Waals surface area contributed by atoms with Crippen LogP contribution in [0, 0.1) is 11.6 Å². The minimum Gasteiger partial charge on any atom is -0.394 e. The summed E-state index contributed by atoms with van der Waals surface area (Å²) in [4.78, 5) is 1.51. The van der Waals surface area contributed by atoms with E-state index in [9.17, 15) is 13.9 Å². The summed E-state index contributed by atoms with van der Waals surface area (Å²) in [6.45, 7) is 0.862. The number of nitrogens with zero attached hydrogens (tertiary/aromatic N) is 1. The number of aliphatic hydroxyl groups is 1. The number of anilines is 1. The molecule has 1 aliphatic rings. The van der Waals surface area contributed by atoms with E-state index in [4.69, 9.17) is 10.5 Å². The van der Waals surface area contributed by atoms with Crippen LogP contribution >= 0.6 is 0 Å². The van der Waals surface area contributed by atoms with Crippen molar-refractivity contribution in [1.29, 1.82) is 0 Å². The molecule has 1 aromatic rings. The number of nitrogens with two attached hydrogens (primary N) is 1. The second kappa shape index (κ2) is 5.60. The van der Waals surface area contributed by atoms with Gasteiger partial charge in [-0.2, -0.15) is 0 Å². The molecule has 0 amide bonds. The summed E-state index contributed by atoms with van der Waals surface area (Å²) < 4.78 is 33.0. The first-order valence-corrected chi connectivity index (χ1v) is 5.80. The molecular formula is C12H16F2N2O2. The zero-order valence-electron chi connectivity index (χ0n) is 9.90. The number of hydrogen-bond donors (Lipinski definition) is 2.